The van der Waals surface area contributed by atoms with Gasteiger partial charge in [0.1, 0.15) is 6.61 Å². The highest BCUT2D eigenvalue weighted by Crippen LogP contribution is 2.10. The van der Waals surface area contributed by atoms with Crippen LogP contribution in [0.3, 0.4) is 0 Å². The summed E-state index contributed by atoms with van der Waals surface area (Å²) in [6.45, 7) is 0.522. The van der Waals surface area contributed by atoms with Crippen molar-refractivity contribution < 1.29 is 19.4 Å². The summed E-state index contributed by atoms with van der Waals surface area (Å²) in [5.41, 5.74) is 1.15. The Morgan fingerprint density at radius 1 is 1.67 bits per heavy atom. The van der Waals surface area contributed by atoms with E-state index in [0.717, 1.165) is 0 Å². The predicted octanol–water partition coefficient (Wildman–Crippen LogP) is 0.229. The third kappa shape index (κ3) is 3.42. The van der Waals surface area contributed by atoms with Crippen molar-refractivity contribution in [1.29, 1.82) is 0 Å². The molecule has 1 aliphatic heterocycles. The fourth-order valence-electron chi connectivity index (χ4n) is 1.76. The summed E-state index contributed by atoms with van der Waals surface area (Å²) >= 11 is 0. The van der Waals surface area contributed by atoms with Crippen molar-refractivity contribution >= 4 is 17.7 Å². The maximum Gasteiger partial charge on any atom is 0.409 e. The molecule has 7 nitrogen and oxygen atoms in total. The molecule has 2 heterocycles. The van der Waals surface area contributed by atoms with E-state index >= 15 is 0 Å². The summed E-state index contributed by atoms with van der Waals surface area (Å²) in [5, 5.41) is 13.6. The number of pyridine rings is 1. The minimum absolute atomic E-state index is 0.0878. The van der Waals surface area contributed by atoms with Crippen LogP contribution in [0.4, 0.5) is 10.5 Å². The first kappa shape index (κ1) is 12.3. The first-order valence-corrected chi connectivity index (χ1v) is 5.45. The van der Waals surface area contributed by atoms with Gasteiger partial charge in [-0.15, -0.1) is 0 Å². The van der Waals surface area contributed by atoms with E-state index in [0.29, 0.717) is 24.4 Å². The third-order valence-corrected chi connectivity index (χ3v) is 2.44. The highest BCUT2D eigenvalue weighted by Gasteiger charge is 2.19. The predicted molar refractivity (Wildman–Crippen MR) is 62.3 cm³/mol. The van der Waals surface area contributed by atoms with Crippen molar-refractivity contribution in [2.45, 2.75) is 12.5 Å². The lowest BCUT2D eigenvalue weighted by atomic mass is 10.1. The number of rotatable bonds is 3. The Balaban J connectivity index is 2.00. The lowest BCUT2D eigenvalue weighted by Crippen LogP contribution is -2.46. The van der Waals surface area contributed by atoms with Crippen LogP contribution in [0.5, 0.6) is 0 Å². The molecular formula is C11H13N3O4. The molecule has 18 heavy (non-hydrogen) atoms. The van der Waals surface area contributed by atoms with Gasteiger partial charge in [0.15, 0.2) is 0 Å². The topological polar surface area (TPSA) is 101 Å². The highest BCUT2D eigenvalue weighted by molar-refractivity contribution is 5.82. The second kappa shape index (κ2) is 5.46. The van der Waals surface area contributed by atoms with Crippen LogP contribution in [-0.4, -0.2) is 41.3 Å². The zero-order valence-corrected chi connectivity index (χ0v) is 9.55. The van der Waals surface area contributed by atoms with E-state index in [1.807, 2.05) is 0 Å². The number of carbonyl (C=O) groups excluding carboxylic acids is 1. The van der Waals surface area contributed by atoms with Gasteiger partial charge < -0.3 is 15.2 Å². The molecule has 0 bridgehead atoms. The first-order chi connectivity index (χ1) is 8.63. The summed E-state index contributed by atoms with van der Waals surface area (Å²) in [4.78, 5) is 25.8. The van der Waals surface area contributed by atoms with Crippen LogP contribution in [-0.2, 0) is 16.0 Å². The first-order valence-electron chi connectivity index (χ1n) is 5.45. The van der Waals surface area contributed by atoms with Crippen LogP contribution < -0.4 is 10.6 Å². The molecule has 0 saturated carbocycles. The van der Waals surface area contributed by atoms with E-state index < -0.39 is 6.09 Å². The molecule has 0 aromatic carbocycles. The molecule has 2 rings (SSSR count). The van der Waals surface area contributed by atoms with Crippen LogP contribution in [0.15, 0.2) is 18.3 Å². The number of aromatic nitrogens is 1. The fourth-order valence-corrected chi connectivity index (χ4v) is 1.76. The zero-order chi connectivity index (χ0) is 13.0. The molecule has 1 aliphatic rings. The van der Waals surface area contributed by atoms with Gasteiger partial charge >= 0.3 is 6.09 Å². The lowest BCUT2D eigenvalue weighted by molar-refractivity contribution is -0.131. The molecular weight excluding hydrogens is 238 g/mol. The summed E-state index contributed by atoms with van der Waals surface area (Å²) in [6, 6.07) is 3.07. The molecule has 1 fully saturated rings. The van der Waals surface area contributed by atoms with Gasteiger partial charge in [0, 0.05) is 24.0 Å². The Bertz CT molecular complexity index is 463. The number of morpholine rings is 1. The van der Waals surface area contributed by atoms with Gasteiger partial charge in [0.2, 0.25) is 5.91 Å². The minimum Gasteiger partial charge on any atom is -0.465 e. The van der Waals surface area contributed by atoms with Crippen LogP contribution in [0.1, 0.15) is 5.69 Å². The van der Waals surface area contributed by atoms with Crippen molar-refractivity contribution in [3.05, 3.63) is 24.0 Å². The fraction of sp³-hybridized carbons (Fsp3) is 0.364. The van der Waals surface area contributed by atoms with Gasteiger partial charge in [-0.05, 0) is 12.1 Å². The number of anilines is 1. The van der Waals surface area contributed by atoms with Gasteiger partial charge in [0.05, 0.1) is 12.6 Å². The van der Waals surface area contributed by atoms with Crippen molar-refractivity contribution in [2.24, 2.45) is 0 Å². The third-order valence-electron chi connectivity index (χ3n) is 2.44. The smallest absolute Gasteiger partial charge is 0.409 e. The number of hydrogen-bond donors (Lipinski definition) is 3. The standard InChI is InChI=1S/C11H13N3O4/c15-10-6-18-5-9(13-10)4-8-3-7(1-2-12-8)14-11(16)17/h1-3,9H,4-6H2,(H,12,14)(H,13,15)(H,16,17). The average molecular weight is 251 g/mol. The Morgan fingerprint density at radius 2 is 2.50 bits per heavy atom. The van der Waals surface area contributed by atoms with Crippen molar-refractivity contribution in [3.8, 4) is 0 Å². The van der Waals surface area contributed by atoms with Crippen molar-refractivity contribution in [3.63, 3.8) is 0 Å². The van der Waals surface area contributed by atoms with Gasteiger partial charge in [-0.1, -0.05) is 0 Å². The Kier molecular flexibility index (Phi) is 3.73. The van der Waals surface area contributed by atoms with Crippen LogP contribution in [0, 0.1) is 0 Å². The summed E-state index contributed by atoms with van der Waals surface area (Å²) in [5.74, 6) is -0.147. The second-order valence-corrected chi connectivity index (χ2v) is 3.95. The summed E-state index contributed by atoms with van der Waals surface area (Å²) < 4.78 is 5.11. The van der Waals surface area contributed by atoms with E-state index in [2.05, 4.69) is 15.6 Å². The Morgan fingerprint density at radius 3 is 3.22 bits per heavy atom. The highest BCUT2D eigenvalue weighted by atomic mass is 16.5. The van der Waals surface area contributed by atoms with E-state index in [1.165, 1.54) is 6.20 Å². The van der Waals surface area contributed by atoms with Crippen LogP contribution in [0.25, 0.3) is 0 Å². The van der Waals surface area contributed by atoms with Gasteiger partial charge in [0.25, 0.3) is 0 Å². The number of ether oxygens (including phenoxy) is 1. The van der Waals surface area contributed by atoms with E-state index in [9.17, 15) is 9.59 Å². The maximum absolute atomic E-state index is 11.1. The van der Waals surface area contributed by atoms with Crippen molar-refractivity contribution in [1.82, 2.24) is 10.3 Å². The average Bonchev–Trinajstić information content (AvgIpc) is 2.28. The largest absolute Gasteiger partial charge is 0.465 e. The van der Waals surface area contributed by atoms with E-state index in [4.69, 9.17) is 9.84 Å². The Labute approximate surface area is 103 Å². The molecule has 1 saturated heterocycles. The number of amides is 2. The molecule has 1 unspecified atom stereocenters. The molecule has 96 valence electrons. The number of nitrogens with zero attached hydrogens (tertiary/aromatic N) is 1. The molecule has 0 aliphatic carbocycles. The maximum atomic E-state index is 11.1. The minimum atomic E-state index is -1.12. The van der Waals surface area contributed by atoms with Gasteiger partial charge in [-0.3, -0.25) is 15.1 Å². The Hall–Kier alpha value is -2.15. The van der Waals surface area contributed by atoms with Crippen LogP contribution in [0.2, 0.25) is 0 Å². The molecule has 3 N–H and O–H groups in total. The quantitative estimate of drug-likeness (QED) is 0.714. The zero-order valence-electron chi connectivity index (χ0n) is 9.55. The number of carboxylic acid groups (broad SMARTS) is 1. The van der Waals surface area contributed by atoms with Gasteiger partial charge in [-0.25, -0.2) is 4.79 Å². The van der Waals surface area contributed by atoms with Crippen molar-refractivity contribution in [2.75, 3.05) is 18.5 Å². The SMILES string of the molecule is O=C(O)Nc1ccnc(CC2COCC(=O)N2)c1. The summed E-state index contributed by atoms with van der Waals surface area (Å²) in [6.07, 6.45) is 0.897. The number of nitrogens with one attached hydrogen (secondary N) is 2. The van der Waals surface area contributed by atoms with Gasteiger partial charge in [-0.2, -0.15) is 0 Å². The number of carbonyl (C=O) groups is 2. The van der Waals surface area contributed by atoms with Crippen LogP contribution >= 0.6 is 0 Å². The molecule has 1 aromatic rings. The monoisotopic (exact) mass is 251 g/mol. The number of hydrogen-bond acceptors (Lipinski definition) is 4. The molecule has 2 amide bonds. The summed E-state index contributed by atoms with van der Waals surface area (Å²) in [7, 11) is 0. The molecule has 1 aromatic heterocycles. The van der Waals surface area contributed by atoms with E-state index in [1.54, 1.807) is 12.1 Å². The second-order valence-electron chi connectivity index (χ2n) is 3.95. The molecule has 7 heteroatoms. The lowest BCUT2D eigenvalue weighted by Gasteiger charge is -2.23. The molecule has 0 spiro atoms. The normalized spacial score (nSPS) is 19.1. The molecule has 0 radical (unpaired) electrons. The van der Waals surface area contributed by atoms with E-state index in [-0.39, 0.29) is 18.6 Å². The molecule has 1 atom stereocenters.